The van der Waals surface area contributed by atoms with Gasteiger partial charge < -0.3 is 15.8 Å². The van der Waals surface area contributed by atoms with Gasteiger partial charge in [0.25, 0.3) is 5.91 Å². The molecule has 3 N–H and O–H groups in total. The number of nitrogen functional groups attached to an aromatic ring is 1. The van der Waals surface area contributed by atoms with E-state index in [1.54, 1.807) is 12.1 Å². The normalized spacial score (nSPS) is 24.3. The third-order valence-electron chi connectivity index (χ3n) is 2.97. The van der Waals surface area contributed by atoms with Crippen LogP contribution in [0.25, 0.3) is 0 Å². The highest BCUT2D eigenvalue weighted by Gasteiger charge is 2.24. The van der Waals surface area contributed by atoms with Gasteiger partial charge in [0.05, 0.1) is 6.61 Å². The van der Waals surface area contributed by atoms with Crippen LogP contribution < -0.4 is 11.1 Å². The maximum atomic E-state index is 11.9. The predicted octanol–water partition coefficient (Wildman–Crippen LogP) is 0.819. The number of hydrogen-bond acceptors (Lipinski definition) is 4. The topological polar surface area (TPSA) is 77.2 Å². The molecule has 5 heteroatoms. The first-order chi connectivity index (χ1) is 8.16. The zero-order valence-corrected chi connectivity index (χ0v) is 9.85. The summed E-state index contributed by atoms with van der Waals surface area (Å²) in [7, 11) is 0. The number of ether oxygens (including phenoxy) is 1. The van der Waals surface area contributed by atoms with E-state index in [-0.39, 0.29) is 11.9 Å². The van der Waals surface area contributed by atoms with Crippen molar-refractivity contribution >= 4 is 11.6 Å². The Bertz CT molecular complexity index is 408. The Kier molecular flexibility index (Phi) is 3.58. The van der Waals surface area contributed by atoms with Crippen LogP contribution in [0.15, 0.2) is 18.3 Å². The Morgan fingerprint density at radius 3 is 3.18 bits per heavy atom. The molecule has 1 aromatic heterocycles. The Balaban J connectivity index is 2.01. The monoisotopic (exact) mass is 235 g/mol. The first kappa shape index (κ1) is 11.9. The molecule has 2 atom stereocenters. The summed E-state index contributed by atoms with van der Waals surface area (Å²) >= 11 is 0. The van der Waals surface area contributed by atoms with Gasteiger partial charge in [0, 0.05) is 24.5 Å². The van der Waals surface area contributed by atoms with Crippen molar-refractivity contribution in [1.29, 1.82) is 0 Å². The van der Waals surface area contributed by atoms with E-state index in [2.05, 4.69) is 17.2 Å². The van der Waals surface area contributed by atoms with E-state index in [1.165, 1.54) is 6.20 Å². The number of carbonyl (C=O) groups excluding carboxylic acids is 1. The van der Waals surface area contributed by atoms with Gasteiger partial charge in [0.2, 0.25) is 0 Å². The maximum absolute atomic E-state index is 11.9. The number of nitrogens with zero attached hydrogens (tertiary/aromatic N) is 1. The molecule has 1 amide bonds. The maximum Gasteiger partial charge on any atom is 0.270 e. The molecule has 1 aliphatic rings. The minimum absolute atomic E-state index is 0.152. The molecule has 0 aromatic carbocycles. The molecule has 0 aliphatic carbocycles. The van der Waals surface area contributed by atoms with Gasteiger partial charge in [-0.05, 0) is 24.5 Å². The lowest BCUT2D eigenvalue weighted by atomic mass is 9.98. The first-order valence-corrected chi connectivity index (χ1v) is 5.77. The molecule has 1 aliphatic heterocycles. The summed E-state index contributed by atoms with van der Waals surface area (Å²) < 4.78 is 5.33. The summed E-state index contributed by atoms with van der Waals surface area (Å²) in [5, 5.41) is 2.98. The third-order valence-corrected chi connectivity index (χ3v) is 2.97. The van der Waals surface area contributed by atoms with Crippen molar-refractivity contribution < 1.29 is 9.53 Å². The van der Waals surface area contributed by atoms with Gasteiger partial charge in [0.1, 0.15) is 5.69 Å². The first-order valence-electron chi connectivity index (χ1n) is 5.77. The fourth-order valence-corrected chi connectivity index (χ4v) is 1.91. The zero-order chi connectivity index (χ0) is 12.3. The van der Waals surface area contributed by atoms with E-state index in [9.17, 15) is 4.79 Å². The van der Waals surface area contributed by atoms with Crippen molar-refractivity contribution in [3.63, 3.8) is 0 Å². The van der Waals surface area contributed by atoms with Gasteiger partial charge in [-0.1, -0.05) is 6.92 Å². The van der Waals surface area contributed by atoms with Crippen LogP contribution in [0.5, 0.6) is 0 Å². The van der Waals surface area contributed by atoms with Crippen molar-refractivity contribution in [1.82, 2.24) is 10.3 Å². The molecule has 92 valence electrons. The summed E-state index contributed by atoms with van der Waals surface area (Å²) in [6.45, 7) is 3.45. The molecule has 0 bridgehead atoms. The van der Waals surface area contributed by atoms with Gasteiger partial charge >= 0.3 is 0 Å². The van der Waals surface area contributed by atoms with Gasteiger partial charge in [-0.15, -0.1) is 0 Å². The fraction of sp³-hybridized carbons (Fsp3) is 0.500. The van der Waals surface area contributed by atoms with Crippen LogP contribution in [-0.2, 0) is 4.74 Å². The van der Waals surface area contributed by atoms with Crippen LogP contribution in [0.4, 0.5) is 5.69 Å². The minimum atomic E-state index is -0.170. The van der Waals surface area contributed by atoms with E-state index < -0.39 is 0 Å². The Morgan fingerprint density at radius 1 is 1.65 bits per heavy atom. The molecule has 17 heavy (non-hydrogen) atoms. The number of anilines is 1. The Hall–Kier alpha value is -1.62. The van der Waals surface area contributed by atoms with E-state index in [1.807, 2.05) is 0 Å². The smallest absolute Gasteiger partial charge is 0.270 e. The molecule has 1 aromatic rings. The highest BCUT2D eigenvalue weighted by Crippen LogP contribution is 2.14. The average Bonchev–Trinajstić information content (AvgIpc) is 2.32. The lowest BCUT2D eigenvalue weighted by Gasteiger charge is -2.29. The van der Waals surface area contributed by atoms with Crippen molar-refractivity contribution in [2.24, 2.45) is 5.92 Å². The average molecular weight is 235 g/mol. The van der Waals surface area contributed by atoms with Crippen molar-refractivity contribution in [2.75, 3.05) is 18.9 Å². The third kappa shape index (κ3) is 2.94. The van der Waals surface area contributed by atoms with Crippen LogP contribution in [0, 0.1) is 5.92 Å². The second-order valence-corrected chi connectivity index (χ2v) is 4.40. The minimum Gasteiger partial charge on any atom is -0.399 e. The molecule has 2 rings (SSSR count). The lowest BCUT2D eigenvalue weighted by molar-refractivity contribution is 0.0374. The van der Waals surface area contributed by atoms with Gasteiger partial charge in [-0.25, -0.2) is 0 Å². The Morgan fingerprint density at radius 2 is 2.47 bits per heavy atom. The van der Waals surface area contributed by atoms with E-state index in [0.717, 1.165) is 6.42 Å². The van der Waals surface area contributed by atoms with Crippen LogP contribution >= 0.6 is 0 Å². The van der Waals surface area contributed by atoms with Crippen molar-refractivity contribution in [3.8, 4) is 0 Å². The molecule has 5 nitrogen and oxygen atoms in total. The van der Waals surface area contributed by atoms with Crippen LogP contribution in [-0.4, -0.2) is 30.1 Å². The number of nitrogens with two attached hydrogens (primary N) is 1. The zero-order valence-electron chi connectivity index (χ0n) is 9.85. The van der Waals surface area contributed by atoms with Gasteiger partial charge in [-0.3, -0.25) is 9.78 Å². The molecular weight excluding hydrogens is 218 g/mol. The highest BCUT2D eigenvalue weighted by atomic mass is 16.5. The lowest BCUT2D eigenvalue weighted by Crippen LogP contribution is -2.44. The SMILES string of the molecule is CC1COCCC1NC(=O)c1cc(N)ccn1. The van der Waals surface area contributed by atoms with Crippen LogP contribution in [0.2, 0.25) is 0 Å². The largest absolute Gasteiger partial charge is 0.399 e. The number of rotatable bonds is 2. The highest BCUT2D eigenvalue weighted by molar-refractivity contribution is 5.93. The van der Waals surface area contributed by atoms with E-state index in [4.69, 9.17) is 10.5 Å². The number of aromatic nitrogens is 1. The molecule has 0 saturated carbocycles. The summed E-state index contributed by atoms with van der Waals surface area (Å²) in [5.74, 6) is 0.157. The second-order valence-electron chi connectivity index (χ2n) is 4.40. The van der Waals surface area contributed by atoms with E-state index in [0.29, 0.717) is 30.5 Å². The molecule has 2 unspecified atom stereocenters. The molecule has 1 fully saturated rings. The summed E-state index contributed by atoms with van der Waals surface area (Å²) in [6, 6.07) is 3.40. The predicted molar refractivity (Wildman–Crippen MR) is 64.5 cm³/mol. The van der Waals surface area contributed by atoms with Crippen LogP contribution in [0.3, 0.4) is 0 Å². The number of pyridine rings is 1. The molecule has 1 saturated heterocycles. The second kappa shape index (κ2) is 5.14. The molecular formula is C12H17N3O2. The number of carbonyl (C=O) groups is 1. The number of nitrogens with one attached hydrogen (secondary N) is 1. The van der Waals surface area contributed by atoms with Gasteiger partial charge in [-0.2, -0.15) is 0 Å². The van der Waals surface area contributed by atoms with E-state index >= 15 is 0 Å². The number of amides is 1. The summed E-state index contributed by atoms with van der Waals surface area (Å²) in [6.07, 6.45) is 2.38. The Labute approximate surface area is 100 Å². The van der Waals surface area contributed by atoms with Crippen molar-refractivity contribution in [3.05, 3.63) is 24.0 Å². The molecule has 2 heterocycles. The standard InChI is InChI=1S/C12H17N3O2/c1-8-7-17-5-3-10(8)15-12(16)11-6-9(13)2-4-14-11/h2,4,6,8,10H,3,5,7H2,1H3,(H2,13,14)(H,15,16). The van der Waals surface area contributed by atoms with Crippen LogP contribution in [0.1, 0.15) is 23.8 Å². The summed E-state index contributed by atoms with van der Waals surface area (Å²) in [4.78, 5) is 15.9. The summed E-state index contributed by atoms with van der Waals surface area (Å²) in [5.41, 5.74) is 6.53. The van der Waals surface area contributed by atoms with Gasteiger partial charge in [0.15, 0.2) is 0 Å². The molecule has 0 radical (unpaired) electrons. The quantitative estimate of drug-likeness (QED) is 0.795. The molecule has 0 spiro atoms. The number of hydrogen-bond donors (Lipinski definition) is 2. The fourth-order valence-electron chi connectivity index (χ4n) is 1.91. The van der Waals surface area contributed by atoms with Crippen molar-refractivity contribution in [2.45, 2.75) is 19.4 Å².